The molecular weight excluding hydrogens is 422 g/mol. The Labute approximate surface area is 195 Å². The molecule has 0 saturated heterocycles. The summed E-state index contributed by atoms with van der Waals surface area (Å²) in [5.41, 5.74) is 3.50. The highest BCUT2D eigenvalue weighted by Crippen LogP contribution is 2.32. The molecule has 0 atom stereocenters. The zero-order valence-electron chi connectivity index (χ0n) is 19.6. The summed E-state index contributed by atoms with van der Waals surface area (Å²) in [6.45, 7) is 4.18. The Balaban J connectivity index is 1.42. The van der Waals surface area contributed by atoms with Crippen LogP contribution in [0.5, 0.6) is 0 Å². The van der Waals surface area contributed by atoms with Crippen molar-refractivity contribution in [3.8, 4) is 0 Å². The summed E-state index contributed by atoms with van der Waals surface area (Å²) in [6.07, 6.45) is 3.67. The highest BCUT2D eigenvalue weighted by Gasteiger charge is 2.27. The highest BCUT2D eigenvalue weighted by molar-refractivity contribution is 5.81. The molecule has 1 heterocycles. The first-order chi connectivity index (χ1) is 15.9. The van der Waals surface area contributed by atoms with E-state index < -0.39 is 11.6 Å². The van der Waals surface area contributed by atoms with Crippen molar-refractivity contribution in [1.29, 1.82) is 0 Å². The van der Waals surface area contributed by atoms with Gasteiger partial charge >= 0.3 is 0 Å². The summed E-state index contributed by atoms with van der Waals surface area (Å²) in [5.74, 6) is -0.557. The monoisotopic (exact) mass is 456 g/mol. The van der Waals surface area contributed by atoms with Gasteiger partial charge in [0.15, 0.2) is 0 Å². The fraction of sp³-hybridized carbons (Fsp3) is 0.500. The number of hydrogen-bond acceptors (Lipinski definition) is 4. The Hall–Kier alpha value is -2.51. The number of fused-ring (bicyclic) bond motifs is 1. The van der Waals surface area contributed by atoms with Gasteiger partial charge in [0.2, 0.25) is 5.91 Å². The van der Waals surface area contributed by atoms with Crippen LogP contribution in [0.3, 0.4) is 0 Å². The lowest BCUT2D eigenvalue weighted by molar-refractivity contribution is -0.130. The summed E-state index contributed by atoms with van der Waals surface area (Å²) < 4.78 is 28.4. The number of amides is 1. The average Bonchev–Trinajstić information content (AvgIpc) is 3.60. The number of carbonyl (C=O) groups excluding carboxylic acids is 1. The summed E-state index contributed by atoms with van der Waals surface area (Å²) in [5, 5.41) is 3.31. The van der Waals surface area contributed by atoms with E-state index >= 15 is 0 Å². The lowest BCUT2D eigenvalue weighted by atomic mass is 9.97. The first kappa shape index (κ1) is 23.6. The van der Waals surface area contributed by atoms with Gasteiger partial charge in [0, 0.05) is 44.0 Å². The van der Waals surface area contributed by atoms with E-state index in [0.717, 1.165) is 31.1 Å². The molecule has 7 heteroatoms. The molecule has 1 amide bonds. The molecule has 2 aromatic rings. The van der Waals surface area contributed by atoms with Crippen LogP contribution in [-0.4, -0.2) is 67.4 Å². The summed E-state index contributed by atoms with van der Waals surface area (Å²) in [4.78, 5) is 19.1. The summed E-state index contributed by atoms with van der Waals surface area (Å²) in [6, 6.07) is 10.0. The third-order valence-corrected chi connectivity index (χ3v) is 6.57. The predicted octanol–water partition coefficient (Wildman–Crippen LogP) is 3.74. The third-order valence-electron chi connectivity index (χ3n) is 6.57. The Morgan fingerprint density at radius 1 is 1.09 bits per heavy atom. The van der Waals surface area contributed by atoms with Crippen molar-refractivity contribution < 1.29 is 13.6 Å². The average molecular weight is 457 g/mol. The molecule has 1 aliphatic heterocycles. The zero-order valence-corrected chi connectivity index (χ0v) is 19.6. The normalized spacial score (nSPS) is 16.0. The van der Waals surface area contributed by atoms with Crippen molar-refractivity contribution in [3.05, 3.63) is 64.7 Å². The fourth-order valence-corrected chi connectivity index (χ4v) is 4.42. The molecular formula is C26H34F2N4O. The number of carbonyl (C=O) groups is 1. The van der Waals surface area contributed by atoms with Crippen LogP contribution in [0.15, 0.2) is 36.4 Å². The number of hydrogen-bond donors (Lipinski definition) is 1. The van der Waals surface area contributed by atoms with E-state index in [1.165, 1.54) is 53.6 Å². The maximum absolute atomic E-state index is 14.2. The van der Waals surface area contributed by atoms with Gasteiger partial charge < -0.3 is 15.1 Å². The largest absolute Gasteiger partial charge is 0.376 e. The van der Waals surface area contributed by atoms with Crippen LogP contribution >= 0.6 is 0 Å². The maximum Gasteiger partial charge on any atom is 0.242 e. The smallest absolute Gasteiger partial charge is 0.242 e. The van der Waals surface area contributed by atoms with Gasteiger partial charge in [-0.1, -0.05) is 18.2 Å². The van der Waals surface area contributed by atoms with Gasteiger partial charge in [0.1, 0.15) is 11.6 Å². The molecule has 1 fully saturated rings. The second-order valence-corrected chi connectivity index (χ2v) is 9.54. The molecule has 0 bridgehead atoms. The van der Waals surface area contributed by atoms with Crippen molar-refractivity contribution in [2.45, 2.75) is 32.4 Å². The highest BCUT2D eigenvalue weighted by atomic mass is 19.1. The Morgan fingerprint density at radius 2 is 1.82 bits per heavy atom. The van der Waals surface area contributed by atoms with E-state index in [-0.39, 0.29) is 24.6 Å². The van der Waals surface area contributed by atoms with E-state index in [1.807, 2.05) is 31.1 Å². The van der Waals surface area contributed by atoms with Crippen LogP contribution in [-0.2, 0) is 24.3 Å². The van der Waals surface area contributed by atoms with E-state index in [4.69, 9.17) is 0 Å². The third kappa shape index (κ3) is 6.30. The van der Waals surface area contributed by atoms with Crippen LogP contribution in [0, 0.1) is 17.6 Å². The van der Waals surface area contributed by atoms with Crippen molar-refractivity contribution in [2.75, 3.05) is 52.1 Å². The maximum atomic E-state index is 14.2. The first-order valence-electron chi connectivity index (χ1n) is 11.8. The zero-order chi connectivity index (χ0) is 23.4. The van der Waals surface area contributed by atoms with Crippen molar-refractivity contribution >= 4 is 11.6 Å². The van der Waals surface area contributed by atoms with Crippen molar-refractivity contribution in [2.24, 2.45) is 5.92 Å². The number of anilines is 1. The van der Waals surface area contributed by atoms with Crippen LogP contribution in [0.2, 0.25) is 0 Å². The van der Waals surface area contributed by atoms with Gasteiger partial charge in [-0.25, -0.2) is 8.78 Å². The van der Waals surface area contributed by atoms with Crippen LogP contribution in [0.25, 0.3) is 0 Å². The summed E-state index contributed by atoms with van der Waals surface area (Å²) >= 11 is 0. The molecule has 0 aromatic heterocycles. The van der Waals surface area contributed by atoms with E-state index in [1.54, 1.807) is 0 Å². The quantitative estimate of drug-likeness (QED) is 0.591. The van der Waals surface area contributed by atoms with E-state index in [9.17, 15) is 13.6 Å². The lowest BCUT2D eigenvalue weighted by Gasteiger charge is -2.30. The minimum atomic E-state index is -0.626. The van der Waals surface area contributed by atoms with Crippen molar-refractivity contribution in [3.63, 3.8) is 0 Å². The van der Waals surface area contributed by atoms with Gasteiger partial charge in [-0.15, -0.1) is 0 Å². The molecule has 1 saturated carbocycles. The predicted molar refractivity (Wildman–Crippen MR) is 127 cm³/mol. The molecule has 1 N–H and O–H groups in total. The summed E-state index contributed by atoms with van der Waals surface area (Å²) in [7, 11) is 3.82. The second-order valence-electron chi connectivity index (χ2n) is 9.54. The molecule has 2 aromatic carbocycles. The molecule has 0 spiro atoms. The number of rotatable bonds is 10. The SMILES string of the molecule is CN(C)CCN(Cc1c(F)cccc1F)C(=O)CNc1cccc2c1CCN(CC1CC1)C2. The molecule has 2 aliphatic rings. The Kier molecular flexibility index (Phi) is 7.60. The number of likely N-dealkylation sites (N-methyl/N-ethyl adjacent to an activating group) is 1. The van der Waals surface area contributed by atoms with Crippen LogP contribution < -0.4 is 5.32 Å². The Morgan fingerprint density at radius 3 is 2.52 bits per heavy atom. The number of nitrogens with zero attached hydrogens (tertiary/aromatic N) is 3. The number of nitrogens with one attached hydrogen (secondary N) is 1. The van der Waals surface area contributed by atoms with Gasteiger partial charge in [-0.2, -0.15) is 0 Å². The van der Waals surface area contributed by atoms with Crippen molar-refractivity contribution in [1.82, 2.24) is 14.7 Å². The molecule has 4 rings (SSSR count). The van der Waals surface area contributed by atoms with E-state index in [0.29, 0.717) is 13.1 Å². The minimum absolute atomic E-state index is 0.0718. The number of halogens is 2. The first-order valence-corrected chi connectivity index (χ1v) is 11.8. The second kappa shape index (κ2) is 10.6. The molecule has 0 unspecified atom stereocenters. The van der Waals surface area contributed by atoms with Gasteiger partial charge in [-0.05, 0) is 68.6 Å². The van der Waals surface area contributed by atoms with Gasteiger partial charge in [-0.3, -0.25) is 9.69 Å². The lowest BCUT2D eigenvalue weighted by Crippen LogP contribution is -2.40. The molecule has 178 valence electrons. The van der Waals surface area contributed by atoms with Crippen LogP contribution in [0.4, 0.5) is 14.5 Å². The molecule has 33 heavy (non-hydrogen) atoms. The van der Waals surface area contributed by atoms with Gasteiger partial charge in [0.05, 0.1) is 13.1 Å². The van der Waals surface area contributed by atoms with Crippen LogP contribution in [0.1, 0.15) is 29.5 Å². The molecule has 1 aliphatic carbocycles. The molecule has 5 nitrogen and oxygen atoms in total. The standard InChI is InChI=1S/C26H34F2N4O/c1-30(2)13-14-32(18-22-23(27)6-4-7-24(22)28)26(33)15-29-25-8-3-5-20-17-31(12-11-21(20)25)16-19-9-10-19/h3-8,19,29H,9-18H2,1-2H3. The Bertz CT molecular complexity index is 957. The minimum Gasteiger partial charge on any atom is -0.376 e. The topological polar surface area (TPSA) is 38.8 Å². The molecule has 0 radical (unpaired) electrons. The number of benzene rings is 2. The van der Waals surface area contributed by atoms with Gasteiger partial charge in [0.25, 0.3) is 0 Å². The fourth-order valence-electron chi connectivity index (χ4n) is 4.42. The van der Waals surface area contributed by atoms with E-state index in [2.05, 4.69) is 16.3 Å².